The smallest absolute Gasteiger partial charge is 0.316 e. The number of esters is 1. The molecule has 8 heteroatoms. The van der Waals surface area contributed by atoms with Crippen LogP contribution in [0.15, 0.2) is 47.1 Å². The first-order valence-corrected chi connectivity index (χ1v) is 15.3. The quantitative estimate of drug-likeness (QED) is 0.317. The van der Waals surface area contributed by atoms with Crippen LogP contribution < -0.4 is 0 Å². The molecule has 5 rings (SSSR count). The van der Waals surface area contributed by atoms with E-state index in [1.807, 2.05) is 32.1 Å². The zero-order chi connectivity index (χ0) is 29.7. The van der Waals surface area contributed by atoms with Crippen LogP contribution in [0.25, 0.3) is 0 Å². The van der Waals surface area contributed by atoms with Gasteiger partial charge in [0.1, 0.15) is 29.8 Å². The lowest BCUT2D eigenvalue weighted by Gasteiger charge is -2.51. The van der Waals surface area contributed by atoms with Gasteiger partial charge in [-0.15, -0.1) is 0 Å². The molecule has 5 aliphatic rings. The lowest BCUT2D eigenvalue weighted by Crippen LogP contribution is -2.58. The topological polar surface area (TPSA) is 115 Å². The van der Waals surface area contributed by atoms with Crippen LogP contribution in [-0.2, 0) is 23.7 Å². The van der Waals surface area contributed by atoms with E-state index in [0.29, 0.717) is 48.7 Å². The summed E-state index contributed by atoms with van der Waals surface area (Å²) in [6.07, 6.45) is 8.36. The van der Waals surface area contributed by atoms with Crippen LogP contribution in [0.4, 0.5) is 0 Å². The molecule has 0 aromatic heterocycles. The molecule has 0 radical (unpaired) electrons. The Hall–Kier alpha value is -1.81. The number of rotatable bonds is 1. The molecule has 8 nitrogen and oxygen atoms in total. The third-order valence-corrected chi connectivity index (χ3v) is 9.81. The van der Waals surface area contributed by atoms with Crippen LogP contribution in [0.1, 0.15) is 73.6 Å². The lowest BCUT2D eigenvalue weighted by atomic mass is 9.71. The van der Waals surface area contributed by atoms with Gasteiger partial charge in [0.25, 0.3) is 0 Å². The van der Waals surface area contributed by atoms with Crippen molar-refractivity contribution < 1.29 is 39.1 Å². The average molecular weight is 573 g/mol. The Kier molecular flexibility index (Phi) is 8.74. The van der Waals surface area contributed by atoms with E-state index < -0.39 is 47.7 Å². The SMILES string of the molecule is CC1=C[C@H]2C(=O)O[C@H]3C[C@@H](C[C@H](O)/C(C)=C/[C@@H](C)/C=C/C=C4\CO[C@H]([C@@H]1O)[C@@]42O)O[C@@]1(CC[C@H](C)[C@@H](C(C)C)O1)C3. The second kappa shape index (κ2) is 11.7. The molecule has 11 atom stereocenters. The lowest BCUT2D eigenvalue weighted by molar-refractivity contribution is -0.342. The Morgan fingerprint density at radius 1 is 1.02 bits per heavy atom. The molecular weight excluding hydrogens is 524 g/mol. The predicted octanol–water partition coefficient (Wildman–Crippen LogP) is 4.14. The fraction of sp³-hybridized carbons (Fsp3) is 0.727. The van der Waals surface area contributed by atoms with Gasteiger partial charge in [0.15, 0.2) is 5.79 Å². The van der Waals surface area contributed by atoms with Crippen molar-refractivity contribution in [3.05, 3.63) is 47.1 Å². The van der Waals surface area contributed by atoms with Gasteiger partial charge < -0.3 is 34.3 Å². The Bertz CT molecular complexity index is 1120. The monoisotopic (exact) mass is 572 g/mol. The Morgan fingerprint density at radius 2 is 1.78 bits per heavy atom. The minimum Gasteiger partial charge on any atom is -0.462 e. The zero-order valence-corrected chi connectivity index (χ0v) is 25.3. The van der Waals surface area contributed by atoms with Gasteiger partial charge in [-0.2, -0.15) is 0 Å². The summed E-state index contributed by atoms with van der Waals surface area (Å²) in [5.74, 6) is -1.83. The predicted molar refractivity (Wildman–Crippen MR) is 154 cm³/mol. The maximum Gasteiger partial charge on any atom is 0.316 e. The number of carbonyl (C=O) groups excluding carboxylic acids is 1. The molecule has 0 aromatic carbocycles. The fourth-order valence-electron chi connectivity index (χ4n) is 7.49. The summed E-state index contributed by atoms with van der Waals surface area (Å²) in [7, 11) is 0. The highest BCUT2D eigenvalue weighted by Gasteiger charge is 2.60. The van der Waals surface area contributed by atoms with Crippen molar-refractivity contribution in [2.45, 2.75) is 122 Å². The summed E-state index contributed by atoms with van der Waals surface area (Å²) in [4.78, 5) is 13.9. The molecule has 4 aliphatic heterocycles. The number of hydrogen-bond donors (Lipinski definition) is 3. The van der Waals surface area contributed by atoms with E-state index in [1.54, 1.807) is 19.1 Å². The van der Waals surface area contributed by atoms with Crippen molar-refractivity contribution in [3.8, 4) is 0 Å². The van der Waals surface area contributed by atoms with Crippen LogP contribution >= 0.6 is 0 Å². The summed E-state index contributed by atoms with van der Waals surface area (Å²) >= 11 is 0. The highest BCUT2D eigenvalue weighted by molar-refractivity contribution is 5.78. The van der Waals surface area contributed by atoms with Crippen molar-refractivity contribution in [1.82, 2.24) is 0 Å². The maximum absolute atomic E-state index is 13.9. The summed E-state index contributed by atoms with van der Waals surface area (Å²) in [6.45, 7) is 12.3. The van der Waals surface area contributed by atoms with Crippen molar-refractivity contribution in [2.24, 2.45) is 23.7 Å². The van der Waals surface area contributed by atoms with Crippen LogP contribution in [0.2, 0.25) is 0 Å². The summed E-state index contributed by atoms with van der Waals surface area (Å²) < 4.78 is 25.5. The summed E-state index contributed by atoms with van der Waals surface area (Å²) in [5.41, 5.74) is 0.200. The first kappa shape index (κ1) is 30.6. The molecule has 0 unspecified atom stereocenters. The highest BCUT2D eigenvalue weighted by atomic mass is 16.7. The fourth-order valence-corrected chi connectivity index (χ4v) is 7.49. The third kappa shape index (κ3) is 5.89. The number of allylic oxidation sites excluding steroid dienone is 4. The van der Waals surface area contributed by atoms with E-state index in [-0.39, 0.29) is 24.7 Å². The maximum atomic E-state index is 13.9. The van der Waals surface area contributed by atoms with E-state index in [1.165, 1.54) is 0 Å². The van der Waals surface area contributed by atoms with Crippen molar-refractivity contribution in [2.75, 3.05) is 6.61 Å². The molecule has 2 bridgehead atoms. The van der Waals surface area contributed by atoms with Gasteiger partial charge in [-0.1, -0.05) is 58.1 Å². The standard InChI is InChI=1S/C33H48O8/c1-18(2)29-20(4)10-11-32(41-29)16-25-14-24(40-32)15-27(34)21(5)12-19(3)8-7-9-23-17-38-30-28(35)22(6)13-26(31(36)39-25)33(23,30)37/h7-9,12-13,18-20,24-30,34-35,37H,10-11,14-17H2,1-6H3/b8-7+,21-12+,23-9+/t19-,20-,24-,25-,26-,27-,28+,29+,30+,32+,33+/m0/s1. The second-order valence-corrected chi connectivity index (χ2v) is 13.5. The minimum absolute atomic E-state index is 0.00567. The molecule has 1 aliphatic carbocycles. The van der Waals surface area contributed by atoms with E-state index in [9.17, 15) is 20.1 Å². The normalized spacial score (nSPS) is 48.9. The molecule has 4 heterocycles. The van der Waals surface area contributed by atoms with E-state index >= 15 is 0 Å². The summed E-state index contributed by atoms with van der Waals surface area (Å²) in [6, 6.07) is 0. The number of hydrogen-bond acceptors (Lipinski definition) is 8. The van der Waals surface area contributed by atoms with Crippen molar-refractivity contribution in [1.29, 1.82) is 0 Å². The Morgan fingerprint density at radius 3 is 2.51 bits per heavy atom. The van der Waals surface area contributed by atoms with Crippen LogP contribution in [0.5, 0.6) is 0 Å². The number of aliphatic hydroxyl groups is 3. The second-order valence-electron chi connectivity index (χ2n) is 13.5. The van der Waals surface area contributed by atoms with Crippen molar-refractivity contribution >= 4 is 5.97 Å². The van der Waals surface area contributed by atoms with Crippen LogP contribution in [-0.4, -0.2) is 75.9 Å². The molecule has 0 saturated carbocycles. The Balaban J connectivity index is 1.53. The van der Waals surface area contributed by atoms with E-state index in [0.717, 1.165) is 12.0 Å². The van der Waals surface area contributed by atoms with Gasteiger partial charge >= 0.3 is 5.97 Å². The van der Waals surface area contributed by atoms with Gasteiger partial charge in [0.05, 0.1) is 24.9 Å². The Labute approximate surface area is 244 Å². The molecule has 3 N–H and O–H groups in total. The van der Waals surface area contributed by atoms with Gasteiger partial charge in [-0.05, 0) is 54.7 Å². The van der Waals surface area contributed by atoms with E-state index in [4.69, 9.17) is 18.9 Å². The minimum atomic E-state index is -1.73. The molecule has 228 valence electrons. The highest BCUT2D eigenvalue weighted by Crippen LogP contribution is 2.47. The zero-order valence-electron chi connectivity index (χ0n) is 25.3. The molecule has 0 amide bonds. The number of fused-ring (bicyclic) bond motifs is 2. The van der Waals surface area contributed by atoms with Gasteiger partial charge in [0.2, 0.25) is 0 Å². The number of carbonyl (C=O) groups is 1. The van der Waals surface area contributed by atoms with Crippen LogP contribution in [0.3, 0.4) is 0 Å². The van der Waals surface area contributed by atoms with Crippen molar-refractivity contribution in [3.63, 3.8) is 0 Å². The number of aliphatic hydroxyl groups excluding tert-OH is 2. The molecule has 0 aromatic rings. The van der Waals surface area contributed by atoms with Gasteiger partial charge in [-0.25, -0.2) is 0 Å². The molecule has 41 heavy (non-hydrogen) atoms. The largest absolute Gasteiger partial charge is 0.462 e. The third-order valence-electron chi connectivity index (χ3n) is 9.81. The molecular formula is C33H48O8. The number of ether oxygens (including phenoxy) is 4. The summed E-state index contributed by atoms with van der Waals surface area (Å²) in [5, 5.41) is 34.1. The van der Waals surface area contributed by atoms with Gasteiger partial charge in [0, 0.05) is 25.7 Å². The first-order chi connectivity index (χ1) is 19.3. The first-order valence-electron chi connectivity index (χ1n) is 15.3. The molecule has 3 fully saturated rings. The molecule has 3 saturated heterocycles. The van der Waals surface area contributed by atoms with Gasteiger partial charge in [-0.3, -0.25) is 4.79 Å². The average Bonchev–Trinajstić information content (AvgIpc) is 3.24. The van der Waals surface area contributed by atoms with Crippen LogP contribution in [0, 0.1) is 23.7 Å². The van der Waals surface area contributed by atoms with E-state index in [2.05, 4.69) is 20.8 Å². The molecule has 1 spiro atoms.